The molecule has 2 heterocycles. The molecule has 0 aliphatic carbocycles. The van der Waals surface area contributed by atoms with Gasteiger partial charge in [0.15, 0.2) is 0 Å². The van der Waals surface area contributed by atoms with Crippen LogP contribution >= 0.6 is 0 Å². The third kappa shape index (κ3) is 3.06. The highest BCUT2D eigenvalue weighted by Crippen LogP contribution is 2.28. The Morgan fingerprint density at radius 2 is 2.06 bits per heavy atom. The number of β-amino-alcohol motifs (C(OH)–C–C–N with tert-alkyl or cyclic N) is 1. The molecule has 2 aliphatic rings. The van der Waals surface area contributed by atoms with Gasteiger partial charge in [0.1, 0.15) is 0 Å². The highest BCUT2D eigenvalue weighted by molar-refractivity contribution is 5.12. The normalized spacial score (nSPS) is 25.8. The molecular formula is C13H24N2O. The maximum atomic E-state index is 8.89. The third-order valence-electron chi connectivity index (χ3n) is 3.99. The molecule has 1 saturated heterocycles. The summed E-state index contributed by atoms with van der Waals surface area (Å²) in [7, 11) is 2.22. The van der Waals surface area contributed by atoms with Gasteiger partial charge >= 0.3 is 0 Å². The number of hydrogen-bond donors (Lipinski definition) is 1. The predicted octanol–water partition coefficient (Wildman–Crippen LogP) is 0.953. The van der Waals surface area contributed by atoms with Crippen LogP contribution in [0.3, 0.4) is 0 Å². The van der Waals surface area contributed by atoms with Crippen molar-refractivity contribution in [2.24, 2.45) is 5.92 Å². The van der Waals surface area contributed by atoms with Crippen LogP contribution in [0, 0.1) is 5.92 Å². The fraction of sp³-hybridized carbons (Fsp3) is 0.846. The van der Waals surface area contributed by atoms with E-state index in [1.165, 1.54) is 32.4 Å². The molecule has 0 amide bonds. The quantitative estimate of drug-likeness (QED) is 0.723. The lowest BCUT2D eigenvalue weighted by Gasteiger charge is -2.34. The van der Waals surface area contributed by atoms with E-state index in [-0.39, 0.29) is 6.61 Å². The number of aliphatic hydroxyl groups excluding tert-OH is 1. The van der Waals surface area contributed by atoms with E-state index in [0.29, 0.717) is 0 Å². The topological polar surface area (TPSA) is 26.7 Å². The van der Waals surface area contributed by atoms with Crippen LogP contribution in [0.2, 0.25) is 0 Å². The van der Waals surface area contributed by atoms with Crippen molar-refractivity contribution >= 4 is 0 Å². The summed E-state index contributed by atoms with van der Waals surface area (Å²) in [6, 6.07) is 0. The largest absolute Gasteiger partial charge is 0.395 e. The van der Waals surface area contributed by atoms with Crippen LogP contribution in [0.1, 0.15) is 19.3 Å². The summed E-state index contributed by atoms with van der Waals surface area (Å²) in [5.74, 6) is 0.840. The maximum Gasteiger partial charge on any atom is 0.0558 e. The second-order valence-corrected chi connectivity index (χ2v) is 5.13. The van der Waals surface area contributed by atoms with Crippen LogP contribution in [0.5, 0.6) is 0 Å². The molecule has 0 bridgehead atoms. The molecule has 0 spiro atoms. The molecule has 1 fully saturated rings. The second kappa shape index (κ2) is 5.80. The van der Waals surface area contributed by atoms with Crippen LogP contribution in [0.15, 0.2) is 11.6 Å². The molecule has 0 aromatic rings. The molecule has 2 rings (SSSR count). The van der Waals surface area contributed by atoms with E-state index in [0.717, 1.165) is 25.6 Å². The minimum atomic E-state index is 0.289. The molecular weight excluding hydrogens is 200 g/mol. The molecule has 16 heavy (non-hydrogen) atoms. The minimum Gasteiger partial charge on any atom is -0.395 e. The summed E-state index contributed by atoms with van der Waals surface area (Å²) in [5.41, 5.74) is 1.68. The Morgan fingerprint density at radius 1 is 1.31 bits per heavy atom. The number of rotatable bonds is 3. The lowest BCUT2D eigenvalue weighted by molar-refractivity contribution is 0.195. The van der Waals surface area contributed by atoms with Gasteiger partial charge in [-0.3, -0.25) is 4.90 Å². The number of likely N-dealkylation sites (tertiary alicyclic amines) is 1. The van der Waals surface area contributed by atoms with E-state index in [1.54, 1.807) is 5.57 Å². The Bertz CT molecular complexity index is 244. The fourth-order valence-corrected chi connectivity index (χ4v) is 2.82. The molecule has 0 saturated carbocycles. The number of aliphatic hydroxyl groups is 1. The predicted molar refractivity (Wildman–Crippen MR) is 66.4 cm³/mol. The van der Waals surface area contributed by atoms with Gasteiger partial charge in [0.2, 0.25) is 0 Å². The molecule has 0 unspecified atom stereocenters. The molecule has 0 aromatic carbocycles. The second-order valence-electron chi connectivity index (χ2n) is 5.13. The standard InChI is InChI=1S/C13H24N2O/c1-14-6-2-12(3-7-14)13-4-8-15(9-5-13)10-11-16/h4,12,16H,2-3,5-11H2,1H3. The Morgan fingerprint density at radius 3 is 2.62 bits per heavy atom. The van der Waals surface area contributed by atoms with Crippen LogP contribution in [-0.2, 0) is 0 Å². The summed E-state index contributed by atoms with van der Waals surface area (Å²) in [6.07, 6.45) is 6.30. The SMILES string of the molecule is CN1CCC(C2=CCN(CCO)CC2)CC1. The van der Waals surface area contributed by atoms with Crippen LogP contribution in [0.4, 0.5) is 0 Å². The summed E-state index contributed by atoms with van der Waals surface area (Å²) in [6.45, 7) is 5.81. The monoisotopic (exact) mass is 224 g/mol. The minimum absolute atomic E-state index is 0.289. The summed E-state index contributed by atoms with van der Waals surface area (Å²) < 4.78 is 0. The Kier molecular flexibility index (Phi) is 4.38. The van der Waals surface area contributed by atoms with Crippen molar-refractivity contribution in [3.05, 3.63) is 11.6 Å². The van der Waals surface area contributed by atoms with E-state index in [9.17, 15) is 0 Å². The average Bonchev–Trinajstić information content (AvgIpc) is 2.32. The zero-order valence-corrected chi connectivity index (χ0v) is 10.4. The van der Waals surface area contributed by atoms with Crippen LogP contribution < -0.4 is 0 Å². The molecule has 1 N–H and O–H groups in total. The van der Waals surface area contributed by atoms with Crippen molar-refractivity contribution in [3.63, 3.8) is 0 Å². The van der Waals surface area contributed by atoms with Gasteiger partial charge in [0.05, 0.1) is 6.61 Å². The summed E-state index contributed by atoms with van der Waals surface area (Å²) >= 11 is 0. The van der Waals surface area contributed by atoms with Crippen molar-refractivity contribution in [3.8, 4) is 0 Å². The van der Waals surface area contributed by atoms with Gasteiger partial charge in [-0.1, -0.05) is 11.6 Å². The van der Waals surface area contributed by atoms with Crippen molar-refractivity contribution in [2.75, 3.05) is 46.4 Å². The van der Waals surface area contributed by atoms with E-state index >= 15 is 0 Å². The first-order valence-corrected chi connectivity index (χ1v) is 6.50. The molecule has 0 radical (unpaired) electrons. The Labute approximate surface area is 98.7 Å². The Hall–Kier alpha value is -0.380. The molecule has 3 nitrogen and oxygen atoms in total. The van der Waals surface area contributed by atoms with Crippen LogP contribution in [-0.4, -0.2) is 61.3 Å². The number of hydrogen-bond acceptors (Lipinski definition) is 3. The Balaban J connectivity index is 1.82. The van der Waals surface area contributed by atoms with Crippen molar-refractivity contribution in [1.82, 2.24) is 9.80 Å². The highest BCUT2D eigenvalue weighted by Gasteiger charge is 2.22. The van der Waals surface area contributed by atoms with Gasteiger partial charge in [-0.05, 0) is 45.3 Å². The van der Waals surface area contributed by atoms with Gasteiger partial charge in [0.25, 0.3) is 0 Å². The van der Waals surface area contributed by atoms with Crippen molar-refractivity contribution < 1.29 is 5.11 Å². The van der Waals surface area contributed by atoms with Gasteiger partial charge < -0.3 is 10.0 Å². The van der Waals surface area contributed by atoms with Gasteiger partial charge in [-0.2, -0.15) is 0 Å². The number of piperidine rings is 1. The lowest BCUT2D eigenvalue weighted by atomic mass is 9.86. The summed E-state index contributed by atoms with van der Waals surface area (Å²) in [4.78, 5) is 4.76. The zero-order valence-electron chi connectivity index (χ0n) is 10.4. The van der Waals surface area contributed by atoms with E-state index in [4.69, 9.17) is 5.11 Å². The lowest BCUT2D eigenvalue weighted by Crippen LogP contribution is -2.35. The third-order valence-corrected chi connectivity index (χ3v) is 3.99. The van der Waals surface area contributed by atoms with Crippen molar-refractivity contribution in [1.29, 1.82) is 0 Å². The molecule has 3 heteroatoms. The van der Waals surface area contributed by atoms with Gasteiger partial charge in [-0.25, -0.2) is 0 Å². The maximum absolute atomic E-state index is 8.89. The number of nitrogens with zero attached hydrogens (tertiary/aromatic N) is 2. The first-order valence-electron chi connectivity index (χ1n) is 6.50. The van der Waals surface area contributed by atoms with Gasteiger partial charge in [-0.15, -0.1) is 0 Å². The molecule has 0 atom stereocenters. The zero-order chi connectivity index (χ0) is 11.4. The first-order chi connectivity index (χ1) is 7.79. The fourth-order valence-electron chi connectivity index (χ4n) is 2.82. The smallest absolute Gasteiger partial charge is 0.0558 e. The highest BCUT2D eigenvalue weighted by atomic mass is 16.3. The van der Waals surface area contributed by atoms with E-state index < -0.39 is 0 Å². The average molecular weight is 224 g/mol. The van der Waals surface area contributed by atoms with Crippen molar-refractivity contribution in [2.45, 2.75) is 19.3 Å². The molecule has 92 valence electrons. The summed E-state index contributed by atoms with van der Waals surface area (Å²) in [5, 5.41) is 8.89. The van der Waals surface area contributed by atoms with E-state index in [2.05, 4.69) is 22.9 Å². The van der Waals surface area contributed by atoms with E-state index in [1.807, 2.05) is 0 Å². The molecule has 0 aromatic heterocycles. The van der Waals surface area contributed by atoms with Crippen LogP contribution in [0.25, 0.3) is 0 Å². The first kappa shape index (κ1) is 12.1. The van der Waals surface area contributed by atoms with Gasteiger partial charge in [0, 0.05) is 19.6 Å². The molecule has 2 aliphatic heterocycles.